The quantitative estimate of drug-likeness (QED) is 0.310. The molecule has 4 aromatic heterocycles. The molecule has 1 aromatic carbocycles. The Hall–Kier alpha value is -4.41. The Bertz CT molecular complexity index is 1510. The van der Waals surface area contributed by atoms with Crippen molar-refractivity contribution in [3.8, 4) is 28.6 Å². The smallest absolute Gasteiger partial charge is 0.291 e. The average Bonchev–Trinajstić information content (AvgIpc) is 3.69. The minimum Gasteiger partial charge on any atom is -0.291 e. The third kappa shape index (κ3) is 4.84. The first-order chi connectivity index (χ1) is 18.1. The van der Waals surface area contributed by atoms with Crippen LogP contribution < -0.4 is 5.69 Å². The van der Waals surface area contributed by atoms with Gasteiger partial charge in [0.15, 0.2) is 5.82 Å². The van der Waals surface area contributed by atoms with Gasteiger partial charge in [-0.2, -0.15) is 10.1 Å². The molecule has 0 spiro atoms. The van der Waals surface area contributed by atoms with E-state index in [4.69, 9.17) is 4.98 Å². The molecular formula is C26H30N10O. The van der Waals surface area contributed by atoms with Gasteiger partial charge in [-0.15, -0.1) is 5.10 Å². The summed E-state index contributed by atoms with van der Waals surface area (Å²) in [5.74, 6) is 1.13. The molecule has 0 aliphatic carbocycles. The van der Waals surface area contributed by atoms with Crippen molar-refractivity contribution in [3.05, 3.63) is 76.9 Å². The number of benzene rings is 1. The molecule has 11 heteroatoms. The summed E-state index contributed by atoms with van der Waals surface area (Å²) < 4.78 is 5.25. The number of nitrogens with zero attached hydrogens (tertiary/aromatic N) is 9. The molecule has 5 rings (SSSR count). The number of hydrogen-bond acceptors (Lipinski definition) is 7. The van der Waals surface area contributed by atoms with Gasteiger partial charge in [0.2, 0.25) is 5.95 Å². The second-order valence-electron chi connectivity index (χ2n) is 9.07. The number of pyridine rings is 1. The summed E-state index contributed by atoms with van der Waals surface area (Å²) in [7, 11) is 0. The number of nitrogens with one attached hydrogen (secondary N) is 1. The molecule has 0 radical (unpaired) electrons. The molecule has 0 saturated carbocycles. The lowest BCUT2D eigenvalue weighted by Gasteiger charge is -2.11. The number of hydrogen-bond donors (Lipinski definition) is 1. The molecule has 0 saturated heterocycles. The lowest BCUT2D eigenvalue weighted by molar-refractivity contribution is 0.466. The monoisotopic (exact) mass is 498 g/mol. The van der Waals surface area contributed by atoms with E-state index >= 15 is 0 Å². The van der Waals surface area contributed by atoms with Crippen molar-refractivity contribution in [2.24, 2.45) is 0 Å². The van der Waals surface area contributed by atoms with Gasteiger partial charge in [-0.05, 0) is 48.2 Å². The van der Waals surface area contributed by atoms with Crippen LogP contribution in [0.2, 0.25) is 0 Å². The average molecular weight is 499 g/mol. The molecule has 0 fully saturated rings. The highest BCUT2D eigenvalue weighted by atomic mass is 16.2. The topological polar surface area (TPSA) is 125 Å². The number of H-pyrrole nitrogens is 1. The summed E-state index contributed by atoms with van der Waals surface area (Å²) in [5.41, 5.74) is 4.36. The fourth-order valence-corrected chi connectivity index (χ4v) is 4.34. The first kappa shape index (κ1) is 24.3. The predicted octanol–water partition coefficient (Wildman–Crippen LogP) is 3.83. The SMILES string of the molecule is CCCCc1cn(-c2ncnn2C(C)CC)c(=O)n1Cc1ccc(-c2ccccc2-c2nnn[nH]2)nc1. The van der Waals surface area contributed by atoms with Gasteiger partial charge in [0.1, 0.15) is 6.33 Å². The van der Waals surface area contributed by atoms with Crippen LogP contribution >= 0.6 is 0 Å². The van der Waals surface area contributed by atoms with E-state index in [1.165, 1.54) is 6.33 Å². The minimum absolute atomic E-state index is 0.129. The standard InChI is InChI=1S/C26H30N10O/c1-4-6-9-20-16-35(25-28-17-29-36(25)18(3)5-2)26(37)34(20)15-19-12-13-23(27-14-19)21-10-7-8-11-22(21)24-30-32-33-31-24/h7-8,10-14,16-18H,4-6,9,15H2,1-3H3,(H,30,31,32,33). The van der Waals surface area contributed by atoms with Crippen LogP contribution in [-0.4, -0.2) is 49.5 Å². The van der Waals surface area contributed by atoms with Gasteiger partial charge in [0.25, 0.3) is 0 Å². The van der Waals surface area contributed by atoms with Crippen LogP contribution in [0, 0.1) is 0 Å². The maximum Gasteiger partial charge on any atom is 0.335 e. The Kier molecular flexibility index (Phi) is 7.02. The predicted molar refractivity (Wildman–Crippen MR) is 139 cm³/mol. The summed E-state index contributed by atoms with van der Waals surface area (Å²) in [5, 5.41) is 18.6. The summed E-state index contributed by atoms with van der Waals surface area (Å²) >= 11 is 0. The van der Waals surface area contributed by atoms with Gasteiger partial charge < -0.3 is 0 Å². The highest BCUT2D eigenvalue weighted by Gasteiger charge is 2.19. The Balaban J connectivity index is 1.47. The van der Waals surface area contributed by atoms with E-state index in [-0.39, 0.29) is 11.7 Å². The van der Waals surface area contributed by atoms with Crippen molar-refractivity contribution < 1.29 is 0 Å². The second kappa shape index (κ2) is 10.7. The highest BCUT2D eigenvalue weighted by Crippen LogP contribution is 2.28. The van der Waals surface area contributed by atoms with Crippen LogP contribution in [0.5, 0.6) is 0 Å². The highest BCUT2D eigenvalue weighted by molar-refractivity contribution is 5.78. The first-order valence-corrected chi connectivity index (χ1v) is 12.6. The van der Waals surface area contributed by atoms with Crippen molar-refractivity contribution >= 4 is 0 Å². The zero-order chi connectivity index (χ0) is 25.8. The van der Waals surface area contributed by atoms with Crippen LogP contribution in [0.1, 0.15) is 57.3 Å². The largest absolute Gasteiger partial charge is 0.335 e. The molecule has 0 aliphatic rings. The molecule has 37 heavy (non-hydrogen) atoms. The number of tetrazole rings is 1. The Morgan fingerprint density at radius 1 is 1.05 bits per heavy atom. The van der Waals surface area contributed by atoms with Crippen LogP contribution in [0.25, 0.3) is 28.6 Å². The Labute approximate surface area is 214 Å². The zero-order valence-corrected chi connectivity index (χ0v) is 21.2. The molecule has 5 aromatic rings. The molecule has 1 N–H and O–H groups in total. The van der Waals surface area contributed by atoms with Gasteiger partial charge >= 0.3 is 5.69 Å². The van der Waals surface area contributed by atoms with E-state index in [0.717, 1.165) is 53.8 Å². The summed E-state index contributed by atoms with van der Waals surface area (Å²) in [4.78, 5) is 22.7. The molecule has 1 atom stereocenters. The van der Waals surface area contributed by atoms with Gasteiger partial charge in [0, 0.05) is 29.2 Å². The Morgan fingerprint density at radius 3 is 2.59 bits per heavy atom. The van der Waals surface area contributed by atoms with Crippen molar-refractivity contribution in [1.82, 2.24) is 49.5 Å². The molecule has 0 amide bonds. The van der Waals surface area contributed by atoms with Gasteiger partial charge in [-0.1, -0.05) is 50.6 Å². The number of imidazole rings is 1. The van der Waals surface area contributed by atoms with Crippen LogP contribution in [0.15, 0.2) is 59.9 Å². The van der Waals surface area contributed by atoms with Crippen LogP contribution in [-0.2, 0) is 13.0 Å². The minimum atomic E-state index is -0.129. The zero-order valence-electron chi connectivity index (χ0n) is 21.2. The number of aromatic nitrogens is 10. The van der Waals surface area contributed by atoms with E-state index in [1.807, 2.05) is 58.0 Å². The van der Waals surface area contributed by atoms with Crippen molar-refractivity contribution in [1.29, 1.82) is 0 Å². The van der Waals surface area contributed by atoms with Gasteiger partial charge in [-0.25, -0.2) is 19.1 Å². The maximum atomic E-state index is 13.6. The summed E-state index contributed by atoms with van der Waals surface area (Å²) in [6.45, 7) is 6.73. The third-order valence-electron chi connectivity index (χ3n) is 6.60. The van der Waals surface area contributed by atoms with E-state index in [9.17, 15) is 4.79 Å². The van der Waals surface area contributed by atoms with E-state index < -0.39 is 0 Å². The number of aromatic amines is 1. The normalized spacial score (nSPS) is 12.2. The van der Waals surface area contributed by atoms with Crippen molar-refractivity contribution in [3.63, 3.8) is 0 Å². The molecule has 0 aliphatic heterocycles. The first-order valence-electron chi connectivity index (χ1n) is 12.6. The number of aryl methyl sites for hydroxylation is 1. The van der Waals surface area contributed by atoms with E-state index in [1.54, 1.807) is 4.57 Å². The molecule has 0 bridgehead atoms. The number of rotatable bonds is 10. The fourth-order valence-electron chi connectivity index (χ4n) is 4.34. The maximum absolute atomic E-state index is 13.6. The van der Waals surface area contributed by atoms with E-state index in [0.29, 0.717) is 18.3 Å². The lowest BCUT2D eigenvalue weighted by Crippen LogP contribution is -2.27. The molecule has 11 nitrogen and oxygen atoms in total. The molecule has 1 unspecified atom stereocenters. The van der Waals surface area contributed by atoms with Crippen LogP contribution in [0.4, 0.5) is 0 Å². The lowest BCUT2D eigenvalue weighted by atomic mass is 10.0. The molecule has 190 valence electrons. The van der Waals surface area contributed by atoms with Crippen LogP contribution in [0.3, 0.4) is 0 Å². The summed E-state index contributed by atoms with van der Waals surface area (Å²) in [6, 6.07) is 11.9. The van der Waals surface area contributed by atoms with Gasteiger partial charge in [-0.3, -0.25) is 9.55 Å². The molecule has 4 heterocycles. The fraction of sp³-hybridized carbons (Fsp3) is 0.346. The van der Waals surface area contributed by atoms with Crippen molar-refractivity contribution in [2.75, 3.05) is 0 Å². The Morgan fingerprint density at radius 2 is 1.89 bits per heavy atom. The van der Waals surface area contributed by atoms with Crippen molar-refractivity contribution in [2.45, 2.75) is 59.0 Å². The van der Waals surface area contributed by atoms with E-state index in [2.05, 4.69) is 51.5 Å². The molecular weight excluding hydrogens is 468 g/mol. The summed E-state index contributed by atoms with van der Waals surface area (Å²) in [6.07, 6.45) is 8.96. The second-order valence-corrected chi connectivity index (χ2v) is 9.07. The van der Waals surface area contributed by atoms with Gasteiger partial charge in [0.05, 0.1) is 18.3 Å². The third-order valence-corrected chi connectivity index (χ3v) is 6.60. The number of unbranched alkanes of at least 4 members (excludes halogenated alkanes) is 1.